The van der Waals surface area contributed by atoms with Gasteiger partial charge in [0.05, 0.1) is 22.1 Å². The first-order chi connectivity index (χ1) is 18.7. The van der Waals surface area contributed by atoms with Gasteiger partial charge in [0.2, 0.25) is 0 Å². The molecule has 0 aliphatic heterocycles. The number of rotatable bonds is 3. The van der Waals surface area contributed by atoms with Crippen molar-refractivity contribution in [3.8, 4) is 28.5 Å². The van der Waals surface area contributed by atoms with Crippen molar-refractivity contribution in [3.05, 3.63) is 139 Å². The second kappa shape index (κ2) is 10.2. The highest BCUT2D eigenvalue weighted by atomic mass is 15.1. The number of hydrogen-bond acceptors (Lipinski definition) is 2. The molecule has 0 saturated carbocycles. The summed E-state index contributed by atoms with van der Waals surface area (Å²) in [5, 5.41) is 0. The number of hydrogen-bond donors (Lipinski definition) is 0. The molecule has 0 atom stereocenters. The van der Waals surface area contributed by atoms with E-state index in [1.165, 1.54) is 16.6 Å². The molecule has 0 saturated heterocycles. The molecule has 4 nitrogen and oxygen atoms in total. The molecule has 0 aliphatic carbocycles. The summed E-state index contributed by atoms with van der Waals surface area (Å²) in [4.78, 5) is 9.53. The standard InChI is InChI=1S/C20H16N2.C14H12N2/c1-15-9-8-14-18-19(15)22(17-12-6-3-7-13-17)20(21-18)16-10-4-2-5-11-16;1-16-13-10-6-5-9-12(13)15-14(16)11-7-3-2-4-8-11/h2-14H,1H3;2-10H,1H3. The summed E-state index contributed by atoms with van der Waals surface area (Å²) >= 11 is 0. The molecule has 0 unspecified atom stereocenters. The maximum atomic E-state index is 4.88. The van der Waals surface area contributed by atoms with Crippen LogP contribution < -0.4 is 0 Å². The predicted molar refractivity (Wildman–Crippen MR) is 157 cm³/mol. The molecule has 7 aromatic rings. The first kappa shape index (κ1) is 23.4. The van der Waals surface area contributed by atoms with Gasteiger partial charge in [-0.05, 0) is 42.8 Å². The van der Waals surface area contributed by atoms with Crippen LogP contribution in [0.3, 0.4) is 0 Å². The highest BCUT2D eigenvalue weighted by Gasteiger charge is 2.15. The molecule has 2 aromatic heterocycles. The van der Waals surface area contributed by atoms with Gasteiger partial charge in [-0.1, -0.05) is 103 Å². The van der Waals surface area contributed by atoms with Crippen molar-refractivity contribution in [3.63, 3.8) is 0 Å². The first-order valence-electron chi connectivity index (χ1n) is 12.8. The number of para-hydroxylation sites is 4. The minimum Gasteiger partial charge on any atom is -0.327 e. The van der Waals surface area contributed by atoms with E-state index >= 15 is 0 Å². The Hall–Kier alpha value is -4.96. The zero-order chi connectivity index (χ0) is 25.9. The summed E-state index contributed by atoms with van der Waals surface area (Å²) in [7, 11) is 2.05. The summed E-state index contributed by atoms with van der Waals surface area (Å²) in [6.45, 7) is 2.14. The summed E-state index contributed by atoms with van der Waals surface area (Å²) < 4.78 is 4.38. The molecule has 0 N–H and O–H groups in total. The van der Waals surface area contributed by atoms with Crippen LogP contribution in [0.5, 0.6) is 0 Å². The van der Waals surface area contributed by atoms with E-state index in [4.69, 9.17) is 4.98 Å². The van der Waals surface area contributed by atoms with Crippen molar-refractivity contribution in [2.45, 2.75) is 6.92 Å². The van der Waals surface area contributed by atoms with E-state index in [2.05, 4.69) is 113 Å². The van der Waals surface area contributed by atoms with Crippen LogP contribution in [0.4, 0.5) is 0 Å². The third-order valence-electron chi connectivity index (χ3n) is 6.74. The molecule has 0 bridgehead atoms. The Balaban J connectivity index is 0.000000146. The molecule has 5 aromatic carbocycles. The highest BCUT2D eigenvalue weighted by molar-refractivity contribution is 5.86. The van der Waals surface area contributed by atoms with Crippen molar-refractivity contribution in [1.82, 2.24) is 19.1 Å². The van der Waals surface area contributed by atoms with Crippen LogP contribution >= 0.6 is 0 Å². The van der Waals surface area contributed by atoms with Gasteiger partial charge in [0, 0.05) is 23.9 Å². The molecule has 0 spiro atoms. The van der Waals surface area contributed by atoms with Gasteiger partial charge in [-0.15, -0.1) is 0 Å². The van der Waals surface area contributed by atoms with Gasteiger partial charge in [0.1, 0.15) is 11.6 Å². The fourth-order valence-electron chi connectivity index (χ4n) is 4.89. The number of imidazole rings is 2. The van der Waals surface area contributed by atoms with E-state index in [9.17, 15) is 0 Å². The van der Waals surface area contributed by atoms with Gasteiger partial charge < -0.3 is 4.57 Å². The number of benzene rings is 5. The quantitative estimate of drug-likeness (QED) is 0.249. The summed E-state index contributed by atoms with van der Waals surface area (Å²) in [5.41, 5.74) is 9.07. The van der Waals surface area contributed by atoms with Crippen molar-refractivity contribution in [2.75, 3.05) is 0 Å². The van der Waals surface area contributed by atoms with Crippen LogP contribution in [0, 0.1) is 6.92 Å². The van der Waals surface area contributed by atoms with Crippen LogP contribution in [-0.4, -0.2) is 19.1 Å². The lowest BCUT2D eigenvalue weighted by atomic mass is 10.2. The minimum absolute atomic E-state index is 0.983. The van der Waals surface area contributed by atoms with Crippen LogP contribution in [-0.2, 0) is 7.05 Å². The van der Waals surface area contributed by atoms with E-state index < -0.39 is 0 Å². The third-order valence-corrected chi connectivity index (χ3v) is 6.74. The second-order valence-electron chi connectivity index (χ2n) is 9.26. The van der Waals surface area contributed by atoms with Crippen molar-refractivity contribution < 1.29 is 0 Å². The Morgan fingerprint density at radius 3 is 1.68 bits per heavy atom. The number of aryl methyl sites for hydroxylation is 2. The van der Waals surface area contributed by atoms with Crippen molar-refractivity contribution >= 4 is 22.1 Å². The Bertz CT molecular complexity index is 1820. The number of nitrogens with zero attached hydrogens (tertiary/aromatic N) is 4. The highest BCUT2D eigenvalue weighted by Crippen LogP contribution is 2.30. The number of aromatic nitrogens is 4. The van der Waals surface area contributed by atoms with E-state index in [1.807, 2.05) is 48.5 Å². The van der Waals surface area contributed by atoms with Gasteiger partial charge in [0.25, 0.3) is 0 Å². The maximum absolute atomic E-state index is 4.88. The second-order valence-corrected chi connectivity index (χ2v) is 9.26. The van der Waals surface area contributed by atoms with Crippen LogP contribution in [0.25, 0.3) is 50.5 Å². The van der Waals surface area contributed by atoms with Gasteiger partial charge in [0.15, 0.2) is 0 Å². The minimum atomic E-state index is 0.983. The molecular formula is C34H28N4. The Morgan fingerprint density at radius 1 is 0.500 bits per heavy atom. The third kappa shape index (κ3) is 4.37. The average molecular weight is 493 g/mol. The SMILES string of the molecule is Cc1cccc2nc(-c3ccccc3)n(-c3ccccc3)c12.Cn1c(-c2ccccc2)nc2ccccc21. The summed E-state index contributed by atoms with van der Waals surface area (Å²) in [6, 6.07) is 45.5. The Kier molecular flexibility index (Phi) is 6.29. The lowest BCUT2D eigenvalue weighted by Gasteiger charge is -2.10. The largest absolute Gasteiger partial charge is 0.327 e. The molecule has 184 valence electrons. The Labute approximate surface area is 222 Å². The lowest BCUT2D eigenvalue weighted by molar-refractivity contribution is 0.959. The molecular weight excluding hydrogens is 464 g/mol. The topological polar surface area (TPSA) is 35.6 Å². The molecule has 4 heteroatoms. The average Bonchev–Trinajstić information content (AvgIpc) is 3.54. The smallest absolute Gasteiger partial charge is 0.145 e. The molecule has 38 heavy (non-hydrogen) atoms. The molecule has 0 aliphatic rings. The maximum Gasteiger partial charge on any atom is 0.145 e. The molecule has 2 heterocycles. The van der Waals surface area contributed by atoms with E-state index in [0.717, 1.165) is 39.5 Å². The van der Waals surface area contributed by atoms with Crippen LogP contribution in [0.15, 0.2) is 133 Å². The van der Waals surface area contributed by atoms with Gasteiger partial charge in [-0.25, -0.2) is 9.97 Å². The monoisotopic (exact) mass is 492 g/mol. The fraction of sp³-hybridized carbons (Fsp3) is 0.0588. The zero-order valence-electron chi connectivity index (χ0n) is 21.5. The summed E-state index contributed by atoms with van der Waals surface area (Å²) in [6.07, 6.45) is 0. The molecule has 0 fully saturated rings. The zero-order valence-corrected chi connectivity index (χ0v) is 21.5. The van der Waals surface area contributed by atoms with Crippen LogP contribution in [0.1, 0.15) is 5.56 Å². The molecule has 0 amide bonds. The van der Waals surface area contributed by atoms with E-state index in [0.29, 0.717) is 0 Å². The normalized spacial score (nSPS) is 10.9. The van der Waals surface area contributed by atoms with Crippen molar-refractivity contribution in [2.24, 2.45) is 7.05 Å². The van der Waals surface area contributed by atoms with Gasteiger partial charge in [-0.2, -0.15) is 0 Å². The van der Waals surface area contributed by atoms with Gasteiger partial charge in [-0.3, -0.25) is 4.57 Å². The Morgan fingerprint density at radius 2 is 1.03 bits per heavy atom. The fourth-order valence-corrected chi connectivity index (χ4v) is 4.89. The molecule has 0 radical (unpaired) electrons. The lowest BCUT2D eigenvalue weighted by Crippen LogP contribution is -1.98. The first-order valence-corrected chi connectivity index (χ1v) is 12.8. The number of fused-ring (bicyclic) bond motifs is 2. The van der Waals surface area contributed by atoms with Crippen LogP contribution in [0.2, 0.25) is 0 Å². The molecule has 7 rings (SSSR count). The predicted octanol–water partition coefficient (Wildman–Crippen LogP) is 8.24. The van der Waals surface area contributed by atoms with E-state index in [-0.39, 0.29) is 0 Å². The van der Waals surface area contributed by atoms with E-state index in [1.54, 1.807) is 0 Å². The van der Waals surface area contributed by atoms with Crippen molar-refractivity contribution in [1.29, 1.82) is 0 Å². The summed E-state index contributed by atoms with van der Waals surface area (Å²) in [5.74, 6) is 2.00. The van der Waals surface area contributed by atoms with Gasteiger partial charge >= 0.3 is 0 Å².